The maximum absolute atomic E-state index is 12.6. The van der Waals surface area contributed by atoms with E-state index < -0.39 is 0 Å². The van der Waals surface area contributed by atoms with Gasteiger partial charge in [-0.3, -0.25) is 4.90 Å². The van der Waals surface area contributed by atoms with E-state index in [9.17, 15) is 4.79 Å². The molecule has 4 rings (SSSR count). The summed E-state index contributed by atoms with van der Waals surface area (Å²) in [6, 6.07) is 10.1. The van der Waals surface area contributed by atoms with Crippen molar-refractivity contribution in [2.45, 2.75) is 0 Å². The second kappa shape index (κ2) is 7.19. The maximum atomic E-state index is 12.6. The zero-order valence-electron chi connectivity index (χ0n) is 14.0. The number of thiazole rings is 1. The van der Waals surface area contributed by atoms with Crippen molar-refractivity contribution in [2.75, 3.05) is 17.3 Å². The molecule has 0 radical (unpaired) electrons. The number of aromatic nitrogens is 3. The number of carbonyl (C=O) groups excluding carboxylic acids is 1. The number of hydrogen-bond donors (Lipinski definition) is 2. The second-order valence-corrected chi connectivity index (χ2v) is 7.34. The lowest BCUT2D eigenvalue weighted by molar-refractivity contribution is 0.258. The Morgan fingerprint density at radius 3 is 2.81 bits per heavy atom. The van der Waals surface area contributed by atoms with E-state index in [0.29, 0.717) is 27.2 Å². The summed E-state index contributed by atoms with van der Waals surface area (Å²) in [5.74, 6) is 0.694. The second-order valence-electron chi connectivity index (χ2n) is 5.78. The zero-order valence-corrected chi connectivity index (χ0v) is 16.4. The molecule has 2 amide bonds. The van der Waals surface area contributed by atoms with Crippen molar-refractivity contribution in [3.8, 4) is 11.5 Å². The van der Waals surface area contributed by atoms with E-state index in [4.69, 9.17) is 23.2 Å². The number of nitrogens with zero attached hydrogens (tertiary/aromatic N) is 3. The lowest BCUT2D eigenvalue weighted by atomic mass is 10.2. The Morgan fingerprint density at radius 1 is 1.22 bits per heavy atom. The molecule has 6 nitrogen and oxygen atoms in total. The van der Waals surface area contributed by atoms with Gasteiger partial charge in [-0.05, 0) is 36.4 Å². The highest BCUT2D eigenvalue weighted by atomic mass is 35.5. The van der Waals surface area contributed by atoms with Crippen molar-refractivity contribution in [3.05, 3.63) is 57.3 Å². The molecule has 0 fully saturated rings. The Hall–Kier alpha value is -2.61. The molecule has 0 saturated heterocycles. The fraction of sp³-hybridized carbons (Fsp3) is 0.0556. The highest BCUT2D eigenvalue weighted by molar-refractivity contribution is 7.07. The molecule has 0 aliphatic carbocycles. The molecule has 0 saturated carbocycles. The first kappa shape index (κ1) is 17.8. The molecular weight excluding hydrogens is 405 g/mol. The van der Waals surface area contributed by atoms with Gasteiger partial charge in [0, 0.05) is 23.1 Å². The van der Waals surface area contributed by atoms with Crippen LogP contribution in [0.4, 0.5) is 16.2 Å². The van der Waals surface area contributed by atoms with Crippen molar-refractivity contribution >= 4 is 63.0 Å². The summed E-state index contributed by atoms with van der Waals surface area (Å²) < 4.78 is 0. The molecule has 0 spiro atoms. The van der Waals surface area contributed by atoms with Crippen LogP contribution >= 0.6 is 34.5 Å². The largest absolute Gasteiger partial charge is 0.337 e. The normalized spacial score (nSPS) is 10.9. The lowest BCUT2D eigenvalue weighted by Gasteiger charge is -2.19. The van der Waals surface area contributed by atoms with Crippen molar-refractivity contribution in [2.24, 2.45) is 0 Å². The van der Waals surface area contributed by atoms with Crippen LogP contribution in [-0.2, 0) is 0 Å². The maximum Gasteiger partial charge on any atom is 0.326 e. The summed E-state index contributed by atoms with van der Waals surface area (Å²) in [7, 11) is 1.64. The lowest BCUT2D eigenvalue weighted by Crippen LogP contribution is -2.31. The Bertz CT molecular complexity index is 1130. The van der Waals surface area contributed by atoms with Crippen molar-refractivity contribution in [1.82, 2.24) is 15.0 Å². The van der Waals surface area contributed by atoms with Gasteiger partial charge in [-0.2, -0.15) is 0 Å². The molecule has 2 aromatic heterocycles. The van der Waals surface area contributed by atoms with Gasteiger partial charge in [0.2, 0.25) is 0 Å². The number of imidazole rings is 1. The minimum absolute atomic E-state index is 0.321. The molecule has 4 aromatic rings. The predicted octanol–water partition coefficient (Wildman–Crippen LogP) is 5.66. The third kappa shape index (κ3) is 3.62. The first-order valence-electron chi connectivity index (χ1n) is 7.89. The number of nitrogens with one attached hydrogen (secondary N) is 2. The van der Waals surface area contributed by atoms with Crippen LogP contribution in [-0.4, -0.2) is 28.0 Å². The fourth-order valence-electron chi connectivity index (χ4n) is 2.61. The van der Waals surface area contributed by atoms with Gasteiger partial charge < -0.3 is 10.3 Å². The molecule has 2 aromatic carbocycles. The first-order valence-corrected chi connectivity index (χ1v) is 9.59. The number of hydrogen-bond acceptors (Lipinski definition) is 4. The van der Waals surface area contributed by atoms with Gasteiger partial charge in [-0.15, -0.1) is 11.3 Å². The average molecular weight is 418 g/mol. The molecule has 0 atom stereocenters. The number of urea groups is 1. The monoisotopic (exact) mass is 417 g/mol. The summed E-state index contributed by atoms with van der Waals surface area (Å²) in [5, 5.41) is 5.69. The quantitative estimate of drug-likeness (QED) is 0.451. The molecule has 27 heavy (non-hydrogen) atoms. The van der Waals surface area contributed by atoms with Crippen LogP contribution < -0.4 is 10.2 Å². The standard InChI is InChI=1S/C18H13Cl2N5OS/c1-25(16-5-2-10(19)6-12(16)20)18(26)22-11-3-4-13-14(7-11)24-17(23-13)15-8-27-9-21-15/h2-9H,1H3,(H,22,26)(H,23,24). The molecule has 9 heteroatoms. The Kier molecular flexibility index (Phi) is 4.73. The van der Waals surface area contributed by atoms with Crippen LogP contribution in [0, 0.1) is 0 Å². The van der Waals surface area contributed by atoms with Crippen molar-refractivity contribution in [3.63, 3.8) is 0 Å². The number of aromatic amines is 1. The fourth-order valence-corrected chi connectivity index (χ4v) is 3.68. The highest BCUT2D eigenvalue weighted by Gasteiger charge is 2.15. The van der Waals surface area contributed by atoms with Gasteiger partial charge in [0.25, 0.3) is 0 Å². The van der Waals surface area contributed by atoms with E-state index in [-0.39, 0.29) is 6.03 Å². The Morgan fingerprint density at radius 2 is 2.07 bits per heavy atom. The molecule has 0 aliphatic rings. The number of H-pyrrole nitrogens is 1. The summed E-state index contributed by atoms with van der Waals surface area (Å²) in [4.78, 5) is 26.0. The van der Waals surface area contributed by atoms with E-state index in [2.05, 4.69) is 20.3 Å². The Labute approximate surface area is 168 Å². The first-order chi connectivity index (χ1) is 13.0. The molecule has 0 bridgehead atoms. The van der Waals surface area contributed by atoms with E-state index in [1.165, 1.54) is 16.2 Å². The summed E-state index contributed by atoms with van der Waals surface area (Å²) >= 11 is 13.6. The number of anilines is 2. The van der Waals surface area contributed by atoms with Crippen LogP contribution in [0.25, 0.3) is 22.6 Å². The number of carbonyl (C=O) groups is 1. The zero-order chi connectivity index (χ0) is 19.0. The summed E-state index contributed by atoms with van der Waals surface area (Å²) in [6.07, 6.45) is 0. The molecule has 0 unspecified atom stereocenters. The van der Waals surface area contributed by atoms with Crippen LogP contribution in [0.3, 0.4) is 0 Å². The predicted molar refractivity (Wildman–Crippen MR) is 111 cm³/mol. The van der Waals surface area contributed by atoms with Crippen LogP contribution in [0.2, 0.25) is 10.0 Å². The van der Waals surface area contributed by atoms with Crippen LogP contribution in [0.1, 0.15) is 0 Å². The molecule has 2 heterocycles. The smallest absolute Gasteiger partial charge is 0.326 e. The summed E-state index contributed by atoms with van der Waals surface area (Å²) in [5.41, 5.74) is 5.35. The number of rotatable bonds is 3. The number of halogens is 2. The van der Waals surface area contributed by atoms with Crippen LogP contribution in [0.15, 0.2) is 47.3 Å². The number of fused-ring (bicyclic) bond motifs is 1. The molecule has 136 valence electrons. The third-order valence-electron chi connectivity index (χ3n) is 3.98. The SMILES string of the molecule is CN(C(=O)Nc1ccc2nc(-c3cscn3)[nH]c2c1)c1ccc(Cl)cc1Cl. The van der Waals surface area contributed by atoms with Gasteiger partial charge in [0.1, 0.15) is 5.69 Å². The number of benzene rings is 2. The van der Waals surface area contributed by atoms with Gasteiger partial charge in [0.05, 0.1) is 27.3 Å². The highest BCUT2D eigenvalue weighted by Crippen LogP contribution is 2.29. The average Bonchev–Trinajstić information content (AvgIpc) is 3.30. The topological polar surface area (TPSA) is 73.9 Å². The van der Waals surface area contributed by atoms with Crippen molar-refractivity contribution < 1.29 is 4.79 Å². The minimum Gasteiger partial charge on any atom is -0.337 e. The van der Waals surface area contributed by atoms with Crippen molar-refractivity contribution in [1.29, 1.82) is 0 Å². The molecule has 2 N–H and O–H groups in total. The molecular formula is C18H13Cl2N5OS. The Balaban J connectivity index is 1.56. The summed E-state index contributed by atoms with van der Waals surface area (Å²) in [6.45, 7) is 0. The van der Waals surface area contributed by atoms with Crippen LogP contribution in [0.5, 0.6) is 0 Å². The molecule has 0 aliphatic heterocycles. The van der Waals surface area contributed by atoms with Gasteiger partial charge in [0.15, 0.2) is 5.82 Å². The van der Waals surface area contributed by atoms with Gasteiger partial charge in [-0.1, -0.05) is 23.2 Å². The third-order valence-corrected chi connectivity index (χ3v) is 5.11. The van der Waals surface area contributed by atoms with Gasteiger partial charge in [-0.25, -0.2) is 14.8 Å². The van der Waals surface area contributed by atoms with E-state index in [1.54, 1.807) is 36.8 Å². The number of amides is 2. The van der Waals surface area contributed by atoms with E-state index in [0.717, 1.165) is 16.7 Å². The van der Waals surface area contributed by atoms with E-state index >= 15 is 0 Å². The van der Waals surface area contributed by atoms with E-state index in [1.807, 2.05) is 17.5 Å². The van der Waals surface area contributed by atoms with Gasteiger partial charge >= 0.3 is 6.03 Å². The minimum atomic E-state index is -0.321.